The third-order valence-corrected chi connectivity index (χ3v) is 4.13. The van der Waals surface area contributed by atoms with Crippen LogP contribution in [0.3, 0.4) is 0 Å². The standard InChI is InChI=1S/C17H25FN2O/c1-16(2)8-12(9-17(3,4)10-16)20-15(21)13-7-11(19)5-6-14(13)18/h5-7,12H,8-10,19H2,1-4H3,(H,20,21). The molecule has 0 aliphatic heterocycles. The highest BCUT2D eigenvalue weighted by Gasteiger charge is 2.39. The Morgan fingerprint density at radius 2 is 1.81 bits per heavy atom. The maximum absolute atomic E-state index is 13.8. The van der Waals surface area contributed by atoms with E-state index in [1.165, 1.54) is 18.2 Å². The number of hydrogen-bond donors (Lipinski definition) is 2. The summed E-state index contributed by atoms with van der Waals surface area (Å²) in [5.41, 5.74) is 6.41. The van der Waals surface area contributed by atoms with Crippen molar-refractivity contribution >= 4 is 11.6 Å². The molecule has 1 amide bonds. The maximum Gasteiger partial charge on any atom is 0.254 e. The van der Waals surface area contributed by atoms with Crippen LogP contribution < -0.4 is 11.1 Å². The number of halogens is 1. The van der Waals surface area contributed by atoms with Crippen LogP contribution in [0.4, 0.5) is 10.1 Å². The average Bonchev–Trinajstić information content (AvgIpc) is 2.27. The Labute approximate surface area is 126 Å². The lowest BCUT2D eigenvalue weighted by molar-refractivity contribution is 0.0711. The van der Waals surface area contributed by atoms with Gasteiger partial charge < -0.3 is 11.1 Å². The average molecular weight is 292 g/mol. The third kappa shape index (κ3) is 3.96. The molecule has 21 heavy (non-hydrogen) atoms. The molecule has 1 saturated carbocycles. The molecule has 0 radical (unpaired) electrons. The molecule has 0 aromatic heterocycles. The summed E-state index contributed by atoms with van der Waals surface area (Å²) in [6, 6.07) is 4.15. The van der Waals surface area contributed by atoms with Crippen molar-refractivity contribution < 1.29 is 9.18 Å². The van der Waals surface area contributed by atoms with E-state index in [1.807, 2.05) is 0 Å². The maximum atomic E-state index is 13.8. The fraction of sp³-hybridized carbons (Fsp3) is 0.588. The highest BCUT2D eigenvalue weighted by Crippen LogP contribution is 2.45. The van der Waals surface area contributed by atoms with Crippen LogP contribution in [0.15, 0.2) is 18.2 Å². The fourth-order valence-corrected chi connectivity index (χ4v) is 3.93. The summed E-state index contributed by atoms with van der Waals surface area (Å²) in [6.45, 7) is 8.87. The van der Waals surface area contributed by atoms with Crippen LogP contribution in [-0.2, 0) is 0 Å². The number of nitrogens with two attached hydrogens (primary N) is 1. The van der Waals surface area contributed by atoms with Gasteiger partial charge in [0.1, 0.15) is 5.82 Å². The predicted molar refractivity (Wildman–Crippen MR) is 83.5 cm³/mol. The summed E-state index contributed by atoms with van der Waals surface area (Å²) in [5.74, 6) is -0.908. The molecule has 0 bridgehead atoms. The van der Waals surface area contributed by atoms with Crippen LogP contribution >= 0.6 is 0 Å². The van der Waals surface area contributed by atoms with E-state index in [1.54, 1.807) is 0 Å². The second kappa shape index (κ2) is 5.32. The van der Waals surface area contributed by atoms with Crippen LogP contribution in [0.2, 0.25) is 0 Å². The van der Waals surface area contributed by atoms with Gasteiger partial charge in [-0.2, -0.15) is 0 Å². The van der Waals surface area contributed by atoms with E-state index in [-0.39, 0.29) is 28.3 Å². The van der Waals surface area contributed by atoms with Gasteiger partial charge in [0.25, 0.3) is 5.91 Å². The van der Waals surface area contributed by atoms with Crippen LogP contribution in [0.1, 0.15) is 57.3 Å². The van der Waals surface area contributed by atoms with Crippen molar-refractivity contribution in [3.8, 4) is 0 Å². The zero-order valence-corrected chi connectivity index (χ0v) is 13.3. The summed E-state index contributed by atoms with van der Waals surface area (Å²) in [5, 5.41) is 2.98. The quantitative estimate of drug-likeness (QED) is 0.816. The van der Waals surface area contributed by atoms with Gasteiger partial charge in [0.05, 0.1) is 5.56 Å². The minimum atomic E-state index is -0.531. The van der Waals surface area contributed by atoms with Gasteiger partial charge in [-0.1, -0.05) is 27.7 Å². The lowest BCUT2D eigenvalue weighted by Crippen LogP contribution is -2.46. The molecular formula is C17H25FN2O. The number of carbonyl (C=O) groups is 1. The first-order valence-electron chi connectivity index (χ1n) is 7.44. The zero-order valence-electron chi connectivity index (χ0n) is 13.3. The fourth-order valence-electron chi connectivity index (χ4n) is 3.93. The SMILES string of the molecule is CC1(C)CC(NC(=O)c2cc(N)ccc2F)CC(C)(C)C1. The van der Waals surface area contributed by atoms with E-state index in [9.17, 15) is 9.18 Å². The number of hydrogen-bond acceptors (Lipinski definition) is 2. The summed E-state index contributed by atoms with van der Waals surface area (Å²) in [4.78, 5) is 12.3. The van der Waals surface area contributed by atoms with Crippen molar-refractivity contribution in [2.75, 3.05) is 5.73 Å². The minimum absolute atomic E-state index is 0.0242. The number of nitrogens with one attached hydrogen (secondary N) is 1. The van der Waals surface area contributed by atoms with Crippen molar-refractivity contribution in [3.05, 3.63) is 29.6 Å². The Balaban J connectivity index is 2.14. The normalized spacial score (nSPS) is 21.0. The molecule has 0 saturated heterocycles. The topological polar surface area (TPSA) is 55.1 Å². The van der Waals surface area contributed by atoms with E-state index in [0.29, 0.717) is 5.69 Å². The zero-order chi connectivity index (χ0) is 15.8. The number of nitrogen functional groups attached to an aromatic ring is 1. The number of rotatable bonds is 2. The number of benzene rings is 1. The summed E-state index contributed by atoms with van der Waals surface area (Å²) in [7, 11) is 0. The van der Waals surface area contributed by atoms with Gasteiger partial charge in [0, 0.05) is 11.7 Å². The van der Waals surface area contributed by atoms with Gasteiger partial charge in [-0.25, -0.2) is 4.39 Å². The summed E-state index contributed by atoms with van der Waals surface area (Å²) in [6.07, 6.45) is 2.94. The molecule has 1 aromatic rings. The molecule has 1 fully saturated rings. The molecule has 0 spiro atoms. The highest BCUT2D eigenvalue weighted by molar-refractivity contribution is 5.95. The van der Waals surface area contributed by atoms with Crippen molar-refractivity contribution in [2.24, 2.45) is 10.8 Å². The Morgan fingerprint density at radius 3 is 2.38 bits per heavy atom. The second-order valence-electron chi connectivity index (χ2n) is 7.82. The van der Waals surface area contributed by atoms with Crippen LogP contribution in [0, 0.1) is 16.6 Å². The molecule has 3 N–H and O–H groups in total. The van der Waals surface area contributed by atoms with Crippen molar-refractivity contribution in [2.45, 2.75) is 53.0 Å². The van der Waals surface area contributed by atoms with Gasteiger partial charge in [-0.05, 0) is 48.3 Å². The van der Waals surface area contributed by atoms with E-state index in [2.05, 4.69) is 33.0 Å². The highest BCUT2D eigenvalue weighted by atomic mass is 19.1. The second-order valence-corrected chi connectivity index (χ2v) is 7.82. The first-order valence-corrected chi connectivity index (χ1v) is 7.44. The first kappa shape index (κ1) is 15.8. The summed E-state index contributed by atoms with van der Waals surface area (Å²) >= 11 is 0. The predicted octanol–water partition coefficient (Wildman–Crippen LogP) is 3.74. The third-order valence-electron chi connectivity index (χ3n) is 4.13. The van der Waals surface area contributed by atoms with Crippen molar-refractivity contribution in [1.29, 1.82) is 0 Å². The Hall–Kier alpha value is -1.58. The minimum Gasteiger partial charge on any atom is -0.399 e. The van der Waals surface area contributed by atoms with Gasteiger partial charge >= 0.3 is 0 Å². The monoisotopic (exact) mass is 292 g/mol. The number of anilines is 1. The number of amides is 1. The molecular weight excluding hydrogens is 267 g/mol. The molecule has 1 aromatic carbocycles. The molecule has 2 rings (SSSR count). The lowest BCUT2D eigenvalue weighted by Gasteiger charge is -2.45. The largest absolute Gasteiger partial charge is 0.399 e. The molecule has 1 aliphatic carbocycles. The van der Waals surface area contributed by atoms with Crippen molar-refractivity contribution in [1.82, 2.24) is 5.32 Å². The Bertz CT molecular complexity index is 536. The first-order chi connectivity index (χ1) is 9.58. The molecule has 0 atom stereocenters. The van der Waals surface area contributed by atoms with E-state index in [0.717, 1.165) is 19.3 Å². The Morgan fingerprint density at radius 1 is 1.24 bits per heavy atom. The van der Waals surface area contributed by atoms with Gasteiger partial charge in [0.2, 0.25) is 0 Å². The summed E-state index contributed by atoms with van der Waals surface area (Å²) < 4.78 is 13.8. The van der Waals surface area contributed by atoms with Crippen LogP contribution in [0.25, 0.3) is 0 Å². The van der Waals surface area contributed by atoms with Gasteiger partial charge in [-0.15, -0.1) is 0 Å². The molecule has 116 valence electrons. The van der Waals surface area contributed by atoms with Gasteiger partial charge in [0.15, 0.2) is 0 Å². The molecule has 1 aliphatic rings. The molecule has 0 heterocycles. The molecule has 0 unspecified atom stereocenters. The van der Waals surface area contributed by atoms with Gasteiger partial charge in [-0.3, -0.25) is 4.79 Å². The van der Waals surface area contributed by atoms with Crippen LogP contribution in [-0.4, -0.2) is 11.9 Å². The Kier molecular flexibility index (Phi) is 4.00. The van der Waals surface area contributed by atoms with E-state index >= 15 is 0 Å². The van der Waals surface area contributed by atoms with Crippen LogP contribution in [0.5, 0.6) is 0 Å². The lowest BCUT2D eigenvalue weighted by atomic mass is 9.63. The molecule has 4 heteroatoms. The van der Waals surface area contributed by atoms with Crippen molar-refractivity contribution in [3.63, 3.8) is 0 Å². The number of carbonyl (C=O) groups excluding carboxylic acids is 1. The van der Waals surface area contributed by atoms with E-state index < -0.39 is 5.82 Å². The molecule has 3 nitrogen and oxygen atoms in total. The smallest absolute Gasteiger partial charge is 0.254 e. The van der Waals surface area contributed by atoms with E-state index in [4.69, 9.17) is 5.73 Å².